The average Bonchev–Trinajstić information content (AvgIpc) is 2.52. The van der Waals surface area contributed by atoms with Gasteiger partial charge in [-0.25, -0.2) is 10.7 Å². The molecular formula is C10H20N2O3. The van der Waals surface area contributed by atoms with E-state index in [1.165, 1.54) is 0 Å². The summed E-state index contributed by atoms with van der Waals surface area (Å²) in [5, 5.41) is 1.68. The van der Waals surface area contributed by atoms with Crippen LogP contribution in [0.5, 0.6) is 0 Å². The number of nitrogens with zero attached hydrogens (tertiary/aromatic N) is 1. The van der Waals surface area contributed by atoms with Gasteiger partial charge in [0.2, 0.25) is 0 Å². The Morgan fingerprint density at radius 3 is 2.73 bits per heavy atom. The van der Waals surface area contributed by atoms with Gasteiger partial charge in [-0.3, -0.25) is 0 Å². The summed E-state index contributed by atoms with van der Waals surface area (Å²) >= 11 is 0. The number of rotatable bonds is 3. The van der Waals surface area contributed by atoms with Crippen molar-refractivity contribution < 1.29 is 14.5 Å². The van der Waals surface area contributed by atoms with E-state index in [1.807, 2.05) is 20.8 Å². The van der Waals surface area contributed by atoms with Gasteiger partial charge in [-0.05, 0) is 33.6 Å². The smallest absolute Gasteiger partial charge is 0.330 e. The van der Waals surface area contributed by atoms with Gasteiger partial charge in [-0.15, -0.1) is 5.06 Å². The SMILES string of the molecule is CC(C)(C)C(=O)ON1CCC[C@H]1CON. The van der Waals surface area contributed by atoms with Crippen molar-refractivity contribution in [2.45, 2.75) is 39.7 Å². The summed E-state index contributed by atoms with van der Waals surface area (Å²) in [5.74, 6) is 4.80. The fourth-order valence-electron chi connectivity index (χ4n) is 1.45. The molecule has 1 aliphatic rings. The lowest BCUT2D eigenvalue weighted by Gasteiger charge is -2.26. The van der Waals surface area contributed by atoms with Gasteiger partial charge in [0.15, 0.2) is 0 Å². The highest BCUT2D eigenvalue weighted by Crippen LogP contribution is 2.22. The van der Waals surface area contributed by atoms with E-state index in [4.69, 9.17) is 10.7 Å². The van der Waals surface area contributed by atoms with E-state index in [1.54, 1.807) is 5.06 Å². The molecule has 0 bridgehead atoms. The predicted molar refractivity (Wildman–Crippen MR) is 55.4 cm³/mol. The zero-order valence-corrected chi connectivity index (χ0v) is 9.66. The van der Waals surface area contributed by atoms with Gasteiger partial charge in [0.1, 0.15) is 0 Å². The van der Waals surface area contributed by atoms with Crippen LogP contribution in [0, 0.1) is 5.41 Å². The van der Waals surface area contributed by atoms with Crippen LogP contribution in [-0.2, 0) is 14.5 Å². The standard InChI is InChI=1S/C10H20N2O3/c1-10(2,3)9(13)15-12-6-4-5-8(12)7-14-11/h8H,4-7,11H2,1-3H3/t8-/m0/s1. The first kappa shape index (κ1) is 12.4. The van der Waals surface area contributed by atoms with Gasteiger partial charge in [0.25, 0.3) is 0 Å². The highest BCUT2D eigenvalue weighted by atomic mass is 16.7. The minimum absolute atomic E-state index is 0.0984. The molecule has 0 radical (unpaired) electrons. The van der Waals surface area contributed by atoms with Gasteiger partial charge in [0, 0.05) is 6.54 Å². The molecular weight excluding hydrogens is 196 g/mol. The van der Waals surface area contributed by atoms with Crippen molar-refractivity contribution in [3.63, 3.8) is 0 Å². The maximum Gasteiger partial charge on any atom is 0.330 e. The largest absolute Gasteiger partial charge is 0.367 e. The Bertz CT molecular complexity index is 225. The van der Waals surface area contributed by atoms with Crippen LogP contribution >= 0.6 is 0 Å². The van der Waals surface area contributed by atoms with Crippen molar-refractivity contribution in [1.29, 1.82) is 0 Å². The first-order chi connectivity index (χ1) is 6.95. The first-order valence-corrected chi connectivity index (χ1v) is 5.26. The molecule has 0 unspecified atom stereocenters. The normalized spacial score (nSPS) is 23.1. The molecule has 0 aliphatic carbocycles. The highest BCUT2D eigenvalue weighted by Gasteiger charge is 2.32. The number of carbonyl (C=O) groups is 1. The lowest BCUT2D eigenvalue weighted by Crippen LogP contribution is -2.39. The quantitative estimate of drug-likeness (QED) is 0.708. The number of carbonyl (C=O) groups excluding carboxylic acids is 1. The third-order valence-electron chi connectivity index (χ3n) is 2.42. The fourth-order valence-corrected chi connectivity index (χ4v) is 1.45. The summed E-state index contributed by atoms with van der Waals surface area (Å²) in [7, 11) is 0. The highest BCUT2D eigenvalue weighted by molar-refractivity contribution is 5.75. The summed E-state index contributed by atoms with van der Waals surface area (Å²) in [6.45, 7) is 6.66. The summed E-state index contributed by atoms with van der Waals surface area (Å²) < 4.78 is 0. The molecule has 1 rings (SSSR count). The van der Waals surface area contributed by atoms with Crippen LogP contribution in [0.3, 0.4) is 0 Å². The Hall–Kier alpha value is -0.650. The third-order valence-corrected chi connectivity index (χ3v) is 2.42. The number of hydrogen-bond donors (Lipinski definition) is 1. The van der Waals surface area contributed by atoms with Crippen molar-refractivity contribution in [2.24, 2.45) is 11.3 Å². The van der Waals surface area contributed by atoms with E-state index >= 15 is 0 Å². The van der Waals surface area contributed by atoms with E-state index in [9.17, 15) is 4.79 Å². The molecule has 0 aromatic rings. The van der Waals surface area contributed by atoms with Gasteiger partial charge in [-0.1, -0.05) is 0 Å². The summed E-state index contributed by atoms with van der Waals surface area (Å²) in [6.07, 6.45) is 1.96. The lowest BCUT2D eigenvalue weighted by molar-refractivity contribution is -0.207. The molecule has 1 fully saturated rings. The van der Waals surface area contributed by atoms with Crippen LogP contribution in [0.4, 0.5) is 0 Å². The van der Waals surface area contributed by atoms with Crippen LogP contribution < -0.4 is 5.90 Å². The Morgan fingerprint density at radius 2 is 2.20 bits per heavy atom. The zero-order chi connectivity index (χ0) is 11.5. The Kier molecular flexibility index (Phi) is 4.07. The van der Waals surface area contributed by atoms with E-state index in [2.05, 4.69) is 4.84 Å². The zero-order valence-electron chi connectivity index (χ0n) is 9.66. The third kappa shape index (κ3) is 3.44. The average molecular weight is 216 g/mol. The van der Waals surface area contributed by atoms with Crippen LogP contribution in [0.15, 0.2) is 0 Å². The Balaban J connectivity index is 2.47. The molecule has 5 heteroatoms. The van der Waals surface area contributed by atoms with E-state index < -0.39 is 5.41 Å². The van der Waals surface area contributed by atoms with Gasteiger partial charge >= 0.3 is 5.97 Å². The van der Waals surface area contributed by atoms with Crippen molar-refractivity contribution in [2.75, 3.05) is 13.2 Å². The second-order valence-electron chi connectivity index (χ2n) is 4.90. The van der Waals surface area contributed by atoms with Crippen LogP contribution in [0.1, 0.15) is 33.6 Å². The molecule has 0 aromatic carbocycles. The van der Waals surface area contributed by atoms with Crippen molar-refractivity contribution in [3.05, 3.63) is 0 Å². The molecule has 5 nitrogen and oxygen atoms in total. The molecule has 2 N–H and O–H groups in total. The topological polar surface area (TPSA) is 64.8 Å². The minimum atomic E-state index is -0.475. The molecule has 88 valence electrons. The van der Waals surface area contributed by atoms with E-state index in [0.717, 1.165) is 19.4 Å². The molecule has 0 aromatic heterocycles. The van der Waals surface area contributed by atoms with Gasteiger partial charge in [0.05, 0.1) is 18.1 Å². The Labute approximate surface area is 90.4 Å². The second kappa shape index (κ2) is 4.92. The van der Waals surface area contributed by atoms with Crippen LogP contribution in [0.25, 0.3) is 0 Å². The Morgan fingerprint density at radius 1 is 1.53 bits per heavy atom. The number of nitrogens with two attached hydrogens (primary N) is 1. The molecule has 1 saturated heterocycles. The fraction of sp³-hybridized carbons (Fsp3) is 0.900. The van der Waals surface area contributed by atoms with Crippen LogP contribution in [-0.4, -0.2) is 30.2 Å². The van der Waals surface area contributed by atoms with E-state index in [-0.39, 0.29) is 12.0 Å². The molecule has 0 spiro atoms. The number of hydroxylamine groups is 2. The molecule has 1 aliphatic heterocycles. The molecule has 0 saturated carbocycles. The van der Waals surface area contributed by atoms with Crippen LogP contribution in [0.2, 0.25) is 0 Å². The summed E-state index contributed by atoms with van der Waals surface area (Å²) in [5.41, 5.74) is -0.475. The maximum atomic E-state index is 11.6. The molecule has 1 heterocycles. The van der Waals surface area contributed by atoms with Gasteiger partial charge in [-0.2, -0.15) is 0 Å². The van der Waals surface area contributed by atoms with Crippen molar-refractivity contribution >= 4 is 5.97 Å². The molecule has 0 amide bonds. The van der Waals surface area contributed by atoms with Gasteiger partial charge < -0.3 is 9.68 Å². The lowest BCUT2D eigenvalue weighted by atomic mass is 9.98. The first-order valence-electron chi connectivity index (χ1n) is 5.26. The second-order valence-corrected chi connectivity index (χ2v) is 4.90. The molecule has 15 heavy (non-hydrogen) atoms. The summed E-state index contributed by atoms with van der Waals surface area (Å²) in [6, 6.07) is 0.0984. The van der Waals surface area contributed by atoms with Crippen molar-refractivity contribution in [1.82, 2.24) is 5.06 Å². The van der Waals surface area contributed by atoms with Crippen molar-refractivity contribution in [3.8, 4) is 0 Å². The van der Waals surface area contributed by atoms with E-state index in [0.29, 0.717) is 6.61 Å². The maximum absolute atomic E-state index is 11.6. The molecule has 1 atom stereocenters. The minimum Gasteiger partial charge on any atom is -0.367 e. The number of hydrogen-bond acceptors (Lipinski definition) is 5. The summed E-state index contributed by atoms with van der Waals surface area (Å²) in [4.78, 5) is 21.5. The predicted octanol–water partition coefficient (Wildman–Crippen LogP) is 0.845. The monoisotopic (exact) mass is 216 g/mol.